The molecule has 1 aromatic carbocycles. The first-order chi connectivity index (χ1) is 5.91. The number of halogens is 3. The smallest absolute Gasteiger partial charge is 0.180 e. The first-order valence-electron chi connectivity index (χ1n) is 4.00. The minimum absolute atomic E-state index is 0. The van der Waals surface area contributed by atoms with Crippen molar-refractivity contribution in [2.24, 2.45) is 0 Å². The molecule has 0 heterocycles. The summed E-state index contributed by atoms with van der Waals surface area (Å²) in [7, 11) is 0. The topological polar surface area (TPSA) is 0 Å². The van der Waals surface area contributed by atoms with E-state index in [0.717, 1.165) is 12.1 Å². The van der Waals surface area contributed by atoms with Crippen molar-refractivity contribution in [2.45, 2.75) is 25.9 Å². The van der Waals surface area contributed by atoms with Gasteiger partial charge in [0.15, 0.2) is 0 Å². The Morgan fingerprint density at radius 1 is 1.29 bits per heavy atom. The zero-order chi connectivity index (χ0) is 10.1. The predicted molar refractivity (Wildman–Crippen MR) is 44.4 cm³/mol. The van der Waals surface area contributed by atoms with Gasteiger partial charge in [-0.15, -0.1) is 0 Å². The van der Waals surface area contributed by atoms with Crippen LogP contribution in [0.25, 0.3) is 0 Å². The van der Waals surface area contributed by atoms with Gasteiger partial charge < -0.3 is 0 Å². The Labute approximate surface area is 107 Å². The fraction of sp³-hybridized carbons (Fsp3) is 0.400. The molecule has 14 heavy (non-hydrogen) atoms. The van der Waals surface area contributed by atoms with Gasteiger partial charge in [0.2, 0.25) is 0 Å². The fourth-order valence-corrected chi connectivity index (χ4v) is 0.995. The third kappa shape index (κ3) is 3.70. The van der Waals surface area contributed by atoms with E-state index >= 15 is 0 Å². The van der Waals surface area contributed by atoms with Crippen LogP contribution in [0.1, 0.15) is 30.9 Å². The zero-order valence-electron chi connectivity index (χ0n) is 8.02. The molecule has 1 aromatic rings. The predicted octanol–water partition coefficient (Wildman–Crippen LogP) is 3.63. The normalized spacial score (nSPS) is 11.3. The quantitative estimate of drug-likeness (QED) is 0.687. The van der Waals surface area contributed by atoms with E-state index in [4.69, 9.17) is 0 Å². The van der Waals surface area contributed by atoms with Crippen molar-refractivity contribution in [3.63, 3.8) is 0 Å². The molecular formula is C10H10F3Y-. The molecule has 1 rings (SSSR count). The van der Waals surface area contributed by atoms with Gasteiger partial charge in [0.05, 0.1) is 0 Å². The van der Waals surface area contributed by atoms with E-state index in [1.807, 2.05) is 13.8 Å². The van der Waals surface area contributed by atoms with E-state index in [-0.39, 0.29) is 38.6 Å². The summed E-state index contributed by atoms with van der Waals surface area (Å²) in [4.78, 5) is 0. The summed E-state index contributed by atoms with van der Waals surface area (Å²) in [6.07, 6.45) is -4.25. The zero-order valence-corrected chi connectivity index (χ0v) is 10.9. The van der Waals surface area contributed by atoms with Gasteiger partial charge in [0.25, 0.3) is 0 Å². The van der Waals surface area contributed by atoms with E-state index < -0.39 is 11.7 Å². The first kappa shape index (κ1) is 14.1. The van der Waals surface area contributed by atoms with Crippen LogP contribution in [-0.2, 0) is 38.9 Å². The summed E-state index contributed by atoms with van der Waals surface area (Å²) in [6, 6.07) is 6.28. The average Bonchev–Trinajstić information content (AvgIpc) is 2.03. The monoisotopic (exact) mass is 276 g/mol. The summed E-state index contributed by atoms with van der Waals surface area (Å²) in [5, 5.41) is 0. The minimum Gasteiger partial charge on any atom is -0.180 e. The maximum absolute atomic E-state index is 12.2. The van der Waals surface area contributed by atoms with Crippen molar-refractivity contribution in [1.29, 1.82) is 0 Å². The largest absolute Gasteiger partial charge is 0.394 e. The molecule has 0 amide bonds. The molecule has 0 atom stereocenters. The Bertz CT molecular complexity index is 292. The summed E-state index contributed by atoms with van der Waals surface area (Å²) < 4.78 is 36.7. The van der Waals surface area contributed by atoms with Crippen molar-refractivity contribution < 1.29 is 45.9 Å². The maximum atomic E-state index is 12.2. The molecule has 0 aliphatic heterocycles. The second kappa shape index (κ2) is 5.27. The van der Waals surface area contributed by atoms with Crippen LogP contribution in [0, 0.1) is 6.07 Å². The van der Waals surface area contributed by atoms with Gasteiger partial charge in [-0.05, 0) is 5.92 Å². The van der Waals surface area contributed by atoms with Gasteiger partial charge in [0.1, 0.15) is 0 Å². The number of benzene rings is 1. The summed E-state index contributed by atoms with van der Waals surface area (Å²) in [5.74, 6) is 0.0716. The summed E-state index contributed by atoms with van der Waals surface area (Å²) >= 11 is 0. The molecule has 0 spiro atoms. The molecular weight excluding hydrogens is 266 g/mol. The van der Waals surface area contributed by atoms with Crippen LogP contribution in [0.15, 0.2) is 18.2 Å². The molecule has 0 saturated heterocycles. The van der Waals surface area contributed by atoms with Crippen LogP contribution >= 0.6 is 0 Å². The van der Waals surface area contributed by atoms with Crippen LogP contribution in [0.5, 0.6) is 0 Å². The molecule has 0 saturated carbocycles. The molecule has 0 unspecified atom stereocenters. The molecule has 0 bridgehead atoms. The van der Waals surface area contributed by atoms with Crippen LogP contribution in [0.3, 0.4) is 0 Å². The Morgan fingerprint density at radius 2 is 1.86 bits per heavy atom. The number of hydrogen-bond acceptors (Lipinski definition) is 0. The Morgan fingerprint density at radius 3 is 2.29 bits per heavy atom. The van der Waals surface area contributed by atoms with E-state index in [9.17, 15) is 13.2 Å². The molecule has 75 valence electrons. The van der Waals surface area contributed by atoms with E-state index in [1.165, 1.54) is 6.07 Å². The van der Waals surface area contributed by atoms with Crippen LogP contribution in [-0.4, -0.2) is 0 Å². The standard InChI is InChI=1S/C10H10F3.Y/c1-7(2)8-4-3-5-9(6-8)10(11,12)13;/h3,5-7H,1-2H3;/q-1;. The third-order valence-electron chi connectivity index (χ3n) is 1.77. The van der Waals surface area contributed by atoms with Gasteiger partial charge in [-0.2, -0.15) is 43.0 Å². The molecule has 1 radical (unpaired) electrons. The number of rotatable bonds is 1. The van der Waals surface area contributed by atoms with Crippen molar-refractivity contribution >= 4 is 0 Å². The Hall–Kier alpha value is 0.114. The Balaban J connectivity index is 0.00000169. The van der Waals surface area contributed by atoms with Crippen LogP contribution < -0.4 is 0 Å². The molecule has 0 fully saturated rings. The van der Waals surface area contributed by atoms with Crippen molar-refractivity contribution in [2.75, 3.05) is 0 Å². The van der Waals surface area contributed by atoms with E-state index in [1.54, 1.807) is 0 Å². The van der Waals surface area contributed by atoms with Crippen molar-refractivity contribution in [3.8, 4) is 0 Å². The van der Waals surface area contributed by atoms with E-state index in [0.29, 0.717) is 5.56 Å². The first-order valence-corrected chi connectivity index (χ1v) is 4.00. The third-order valence-corrected chi connectivity index (χ3v) is 1.77. The van der Waals surface area contributed by atoms with Gasteiger partial charge in [-0.1, -0.05) is 19.4 Å². The molecule has 0 aliphatic carbocycles. The van der Waals surface area contributed by atoms with Gasteiger partial charge >= 0.3 is 6.18 Å². The molecule has 0 aromatic heterocycles. The molecule has 0 N–H and O–H groups in total. The van der Waals surface area contributed by atoms with Crippen molar-refractivity contribution in [1.82, 2.24) is 0 Å². The summed E-state index contributed by atoms with van der Waals surface area (Å²) in [6.45, 7) is 3.68. The van der Waals surface area contributed by atoms with Gasteiger partial charge in [-0.25, -0.2) is 0 Å². The second-order valence-corrected chi connectivity index (χ2v) is 3.19. The Kier molecular flexibility index (Phi) is 5.31. The van der Waals surface area contributed by atoms with Gasteiger partial charge in [-0.3, -0.25) is 0 Å². The van der Waals surface area contributed by atoms with Crippen LogP contribution in [0.4, 0.5) is 13.2 Å². The van der Waals surface area contributed by atoms with E-state index in [2.05, 4.69) is 6.07 Å². The molecule has 0 nitrogen and oxygen atoms in total. The van der Waals surface area contributed by atoms with Crippen molar-refractivity contribution in [3.05, 3.63) is 35.4 Å². The number of hydrogen-bond donors (Lipinski definition) is 0. The van der Waals surface area contributed by atoms with Gasteiger partial charge in [0, 0.05) is 32.7 Å². The minimum atomic E-state index is -4.25. The second-order valence-electron chi connectivity index (χ2n) is 3.19. The average molecular weight is 276 g/mol. The molecule has 4 heteroatoms. The number of alkyl halides is 3. The van der Waals surface area contributed by atoms with Crippen LogP contribution in [0.2, 0.25) is 0 Å². The SMILES string of the molecule is CC(C)c1[c-]ccc(C(F)(F)F)c1.[Y]. The maximum Gasteiger partial charge on any atom is 0.394 e. The fourth-order valence-electron chi connectivity index (χ4n) is 0.995. The molecule has 0 aliphatic rings. The summed E-state index contributed by atoms with van der Waals surface area (Å²) in [5.41, 5.74) is -0.00947.